The molecule has 1 unspecified atom stereocenters. The first-order valence-corrected chi connectivity index (χ1v) is 6.49. The van der Waals surface area contributed by atoms with Crippen molar-refractivity contribution in [3.8, 4) is 0 Å². The van der Waals surface area contributed by atoms with Crippen molar-refractivity contribution in [2.24, 2.45) is 0 Å². The summed E-state index contributed by atoms with van der Waals surface area (Å²) in [5.41, 5.74) is 10.4. The molecule has 1 aliphatic carbocycles. The summed E-state index contributed by atoms with van der Waals surface area (Å²) in [5, 5.41) is 4.05. The molecule has 1 aliphatic rings. The quantitative estimate of drug-likeness (QED) is 0.825. The van der Waals surface area contributed by atoms with Gasteiger partial charge in [0, 0.05) is 12.5 Å². The second kappa shape index (κ2) is 4.54. The fourth-order valence-corrected chi connectivity index (χ4v) is 2.75. The molecule has 0 spiro atoms. The van der Waals surface area contributed by atoms with E-state index < -0.39 is 0 Å². The van der Waals surface area contributed by atoms with Gasteiger partial charge >= 0.3 is 0 Å². The molecule has 0 fully saturated rings. The Morgan fingerprint density at radius 2 is 2.00 bits per heavy atom. The van der Waals surface area contributed by atoms with Gasteiger partial charge in [-0.15, -0.1) is 0 Å². The van der Waals surface area contributed by atoms with Crippen LogP contribution in [-0.2, 0) is 6.42 Å². The van der Waals surface area contributed by atoms with Crippen molar-refractivity contribution < 1.29 is 0 Å². The average Bonchev–Trinajstić information content (AvgIpc) is 2.33. The highest BCUT2D eigenvalue weighted by molar-refractivity contribution is 6.33. The van der Waals surface area contributed by atoms with E-state index in [1.165, 1.54) is 11.1 Å². The molecule has 3 N–H and O–H groups in total. The molecule has 0 aromatic heterocycles. The maximum absolute atomic E-state index is 6.13. The summed E-state index contributed by atoms with van der Waals surface area (Å²) >= 11 is 6.13. The van der Waals surface area contributed by atoms with E-state index in [1.807, 2.05) is 18.2 Å². The Morgan fingerprint density at radius 1 is 1.17 bits per heavy atom. The molecule has 0 heterocycles. The lowest BCUT2D eigenvalue weighted by atomic mass is 9.77. The molecule has 0 aliphatic heterocycles. The first kappa shape index (κ1) is 11.4. The van der Waals surface area contributed by atoms with Crippen LogP contribution < -0.4 is 11.1 Å². The van der Waals surface area contributed by atoms with E-state index >= 15 is 0 Å². The molecule has 2 aromatic carbocycles. The molecular formula is C15H15ClN2. The number of nitrogen functional groups attached to an aromatic ring is 1. The van der Waals surface area contributed by atoms with Crippen LogP contribution in [0, 0.1) is 0 Å². The lowest BCUT2D eigenvalue weighted by Crippen LogP contribution is -2.24. The number of fused-ring (bicyclic) bond motifs is 1. The molecule has 0 amide bonds. The van der Waals surface area contributed by atoms with Gasteiger partial charge in [-0.2, -0.15) is 0 Å². The maximum Gasteiger partial charge on any atom is 0.0763 e. The van der Waals surface area contributed by atoms with E-state index in [-0.39, 0.29) is 0 Å². The molecule has 0 bridgehead atoms. The summed E-state index contributed by atoms with van der Waals surface area (Å²) < 4.78 is 0. The number of nitrogens with one attached hydrogen (secondary N) is 1. The number of hydrogen-bond acceptors (Lipinski definition) is 2. The number of anilines is 2. The van der Waals surface area contributed by atoms with Crippen LogP contribution in [-0.4, -0.2) is 6.54 Å². The van der Waals surface area contributed by atoms with E-state index in [2.05, 4.69) is 29.6 Å². The van der Waals surface area contributed by atoms with Crippen molar-refractivity contribution >= 4 is 23.0 Å². The standard InChI is InChI=1S/C15H15ClN2/c16-13-6-3-7-14(17)15(13)18-9-11-8-10-4-1-2-5-12(10)11/h1-7,11,18H,8-9,17H2. The normalized spacial score (nSPS) is 16.8. The Hall–Kier alpha value is -1.67. The van der Waals surface area contributed by atoms with Crippen LogP contribution in [0.4, 0.5) is 11.4 Å². The van der Waals surface area contributed by atoms with E-state index in [4.69, 9.17) is 17.3 Å². The zero-order valence-electron chi connectivity index (χ0n) is 9.99. The largest absolute Gasteiger partial charge is 0.397 e. The summed E-state index contributed by atoms with van der Waals surface area (Å²) in [6.07, 6.45) is 1.13. The van der Waals surface area contributed by atoms with Gasteiger partial charge in [0.1, 0.15) is 0 Å². The molecule has 0 saturated carbocycles. The van der Waals surface area contributed by atoms with Crippen molar-refractivity contribution in [3.05, 3.63) is 58.6 Å². The Bertz CT molecular complexity index is 560. The molecule has 18 heavy (non-hydrogen) atoms. The SMILES string of the molecule is Nc1cccc(Cl)c1NCC1Cc2ccccc21. The van der Waals surface area contributed by atoms with Gasteiger partial charge < -0.3 is 11.1 Å². The van der Waals surface area contributed by atoms with Crippen molar-refractivity contribution in [2.75, 3.05) is 17.6 Å². The second-order valence-electron chi connectivity index (χ2n) is 4.68. The molecule has 3 rings (SSSR count). The first-order chi connectivity index (χ1) is 8.75. The zero-order chi connectivity index (χ0) is 12.5. The molecule has 2 nitrogen and oxygen atoms in total. The number of nitrogens with two attached hydrogens (primary N) is 1. The van der Waals surface area contributed by atoms with E-state index in [0.717, 1.165) is 18.7 Å². The van der Waals surface area contributed by atoms with Crippen LogP contribution in [0.3, 0.4) is 0 Å². The van der Waals surface area contributed by atoms with Crippen molar-refractivity contribution in [1.29, 1.82) is 0 Å². The Morgan fingerprint density at radius 3 is 2.78 bits per heavy atom. The van der Waals surface area contributed by atoms with Crippen molar-refractivity contribution in [2.45, 2.75) is 12.3 Å². The molecular weight excluding hydrogens is 244 g/mol. The molecule has 3 heteroatoms. The van der Waals surface area contributed by atoms with Crippen molar-refractivity contribution in [3.63, 3.8) is 0 Å². The smallest absolute Gasteiger partial charge is 0.0763 e. The van der Waals surface area contributed by atoms with Gasteiger partial charge in [0.05, 0.1) is 16.4 Å². The molecule has 2 aromatic rings. The fraction of sp³-hybridized carbons (Fsp3) is 0.200. The van der Waals surface area contributed by atoms with Crippen LogP contribution in [0.25, 0.3) is 0 Å². The maximum atomic E-state index is 6.13. The van der Waals surface area contributed by atoms with Gasteiger partial charge in [-0.1, -0.05) is 41.9 Å². The van der Waals surface area contributed by atoms with E-state index in [9.17, 15) is 0 Å². The second-order valence-corrected chi connectivity index (χ2v) is 5.09. The Kier molecular flexibility index (Phi) is 2.88. The third-order valence-corrected chi connectivity index (χ3v) is 3.85. The van der Waals surface area contributed by atoms with Gasteiger partial charge in [-0.25, -0.2) is 0 Å². The monoisotopic (exact) mass is 258 g/mol. The highest BCUT2D eigenvalue weighted by Crippen LogP contribution is 2.36. The predicted octanol–water partition coefficient (Wildman–Crippen LogP) is 3.67. The highest BCUT2D eigenvalue weighted by Gasteiger charge is 2.25. The van der Waals surface area contributed by atoms with Crippen LogP contribution in [0.15, 0.2) is 42.5 Å². The molecule has 0 saturated heterocycles. The summed E-state index contributed by atoms with van der Waals surface area (Å²) in [5.74, 6) is 0.567. The van der Waals surface area contributed by atoms with Gasteiger partial charge in [0.2, 0.25) is 0 Å². The number of rotatable bonds is 3. The van der Waals surface area contributed by atoms with Gasteiger partial charge in [-0.3, -0.25) is 0 Å². The minimum Gasteiger partial charge on any atom is -0.397 e. The van der Waals surface area contributed by atoms with E-state index in [1.54, 1.807) is 0 Å². The summed E-state index contributed by atoms with van der Waals surface area (Å²) in [7, 11) is 0. The topological polar surface area (TPSA) is 38.0 Å². The molecule has 92 valence electrons. The predicted molar refractivity (Wildman–Crippen MR) is 77.2 cm³/mol. The number of hydrogen-bond donors (Lipinski definition) is 2. The lowest BCUT2D eigenvalue weighted by molar-refractivity contribution is 0.636. The number of para-hydroxylation sites is 1. The summed E-state index contributed by atoms with van der Waals surface area (Å²) in [6.45, 7) is 0.880. The minimum atomic E-state index is 0.567. The third-order valence-electron chi connectivity index (χ3n) is 3.53. The lowest BCUT2D eigenvalue weighted by Gasteiger charge is -2.30. The highest BCUT2D eigenvalue weighted by atomic mass is 35.5. The zero-order valence-corrected chi connectivity index (χ0v) is 10.7. The summed E-state index contributed by atoms with van der Waals surface area (Å²) in [6, 6.07) is 14.2. The first-order valence-electron chi connectivity index (χ1n) is 6.11. The molecule has 0 radical (unpaired) electrons. The Labute approximate surface area is 112 Å². The van der Waals surface area contributed by atoms with E-state index in [0.29, 0.717) is 16.6 Å². The Balaban J connectivity index is 1.70. The van der Waals surface area contributed by atoms with Crippen LogP contribution >= 0.6 is 11.6 Å². The fourth-order valence-electron chi connectivity index (χ4n) is 2.50. The van der Waals surface area contributed by atoms with Crippen LogP contribution in [0.5, 0.6) is 0 Å². The summed E-state index contributed by atoms with van der Waals surface area (Å²) in [4.78, 5) is 0. The molecule has 1 atom stereocenters. The van der Waals surface area contributed by atoms with Gasteiger partial charge in [0.15, 0.2) is 0 Å². The van der Waals surface area contributed by atoms with Crippen molar-refractivity contribution in [1.82, 2.24) is 0 Å². The number of halogens is 1. The van der Waals surface area contributed by atoms with Gasteiger partial charge in [0.25, 0.3) is 0 Å². The van der Waals surface area contributed by atoms with Crippen LogP contribution in [0.1, 0.15) is 17.0 Å². The number of benzene rings is 2. The minimum absolute atomic E-state index is 0.567. The average molecular weight is 259 g/mol. The third kappa shape index (κ3) is 1.93. The van der Waals surface area contributed by atoms with Gasteiger partial charge in [-0.05, 0) is 29.7 Å². The van der Waals surface area contributed by atoms with Crippen LogP contribution in [0.2, 0.25) is 5.02 Å².